The third-order valence-electron chi connectivity index (χ3n) is 3.24. The van der Waals surface area contributed by atoms with Crippen molar-refractivity contribution in [2.24, 2.45) is 0 Å². The molecule has 0 spiro atoms. The van der Waals surface area contributed by atoms with Gasteiger partial charge in [0, 0.05) is 18.3 Å². The molecule has 1 aromatic carbocycles. The van der Waals surface area contributed by atoms with Crippen molar-refractivity contribution in [1.82, 2.24) is 4.31 Å². The Morgan fingerprint density at radius 2 is 2.26 bits per heavy atom. The molecule has 0 bridgehead atoms. The first kappa shape index (κ1) is 13.8. The number of sulfonamides is 1. The molecule has 1 aliphatic rings. The van der Waals surface area contributed by atoms with Crippen molar-refractivity contribution in [3.63, 3.8) is 0 Å². The average molecular weight is 281 g/mol. The van der Waals surface area contributed by atoms with Gasteiger partial charge in [-0.05, 0) is 31.0 Å². The van der Waals surface area contributed by atoms with Gasteiger partial charge in [-0.25, -0.2) is 8.42 Å². The zero-order chi connectivity index (χ0) is 14.0. The maximum absolute atomic E-state index is 12.5. The second-order valence-electron chi connectivity index (χ2n) is 4.46. The van der Waals surface area contributed by atoms with Crippen LogP contribution in [0.2, 0.25) is 0 Å². The van der Waals surface area contributed by atoms with Crippen LogP contribution in [0.15, 0.2) is 23.1 Å². The molecule has 1 aliphatic heterocycles. The fourth-order valence-corrected chi connectivity index (χ4v) is 4.10. The molecule has 1 saturated heterocycles. The predicted molar refractivity (Wildman–Crippen MR) is 69.6 cm³/mol. The number of anilines is 1. The molecule has 0 saturated carbocycles. The van der Waals surface area contributed by atoms with Gasteiger partial charge in [-0.3, -0.25) is 0 Å². The molecule has 1 atom stereocenters. The van der Waals surface area contributed by atoms with Crippen LogP contribution in [0.25, 0.3) is 0 Å². The van der Waals surface area contributed by atoms with Gasteiger partial charge in [0.1, 0.15) is 11.0 Å². The first-order valence-corrected chi connectivity index (χ1v) is 7.37. The Balaban J connectivity index is 2.48. The van der Waals surface area contributed by atoms with Crippen molar-refractivity contribution in [2.75, 3.05) is 18.9 Å². The van der Waals surface area contributed by atoms with Crippen LogP contribution in [-0.2, 0) is 10.0 Å². The molecule has 19 heavy (non-hydrogen) atoms. The molecule has 0 aliphatic carbocycles. The number of nitriles is 1. The fraction of sp³-hybridized carbons (Fsp3) is 0.417. The summed E-state index contributed by atoms with van der Waals surface area (Å²) < 4.78 is 26.3. The van der Waals surface area contributed by atoms with Crippen molar-refractivity contribution in [1.29, 1.82) is 5.26 Å². The molecular formula is C12H15N3O3S. The summed E-state index contributed by atoms with van der Waals surface area (Å²) in [5, 5.41) is 18.3. The number of rotatable bonds is 3. The van der Waals surface area contributed by atoms with Crippen LogP contribution in [-0.4, -0.2) is 37.0 Å². The first-order chi connectivity index (χ1) is 9.00. The van der Waals surface area contributed by atoms with E-state index in [2.05, 4.69) is 0 Å². The van der Waals surface area contributed by atoms with Crippen LogP contribution in [0.5, 0.6) is 0 Å². The number of benzene rings is 1. The minimum absolute atomic E-state index is 0.0311. The Labute approximate surface area is 112 Å². The van der Waals surface area contributed by atoms with Crippen molar-refractivity contribution in [3.05, 3.63) is 23.8 Å². The SMILES string of the molecule is N#Cc1cc(N)ccc1S(=O)(=O)N1CCC[C@@H]1CO. The van der Waals surface area contributed by atoms with Crippen LogP contribution in [0.3, 0.4) is 0 Å². The molecule has 6 nitrogen and oxygen atoms in total. The number of aliphatic hydroxyl groups excluding tert-OH is 1. The Kier molecular flexibility index (Phi) is 3.75. The van der Waals surface area contributed by atoms with Gasteiger partial charge in [0.2, 0.25) is 10.0 Å². The van der Waals surface area contributed by atoms with Gasteiger partial charge < -0.3 is 10.8 Å². The summed E-state index contributed by atoms with van der Waals surface area (Å²) in [7, 11) is -3.76. The normalized spacial score (nSPS) is 20.3. The summed E-state index contributed by atoms with van der Waals surface area (Å²) in [6.45, 7) is 0.152. The average Bonchev–Trinajstić information content (AvgIpc) is 2.87. The Morgan fingerprint density at radius 3 is 2.89 bits per heavy atom. The maximum Gasteiger partial charge on any atom is 0.244 e. The summed E-state index contributed by atoms with van der Waals surface area (Å²) in [6.07, 6.45) is 1.34. The van der Waals surface area contributed by atoms with Gasteiger partial charge in [-0.15, -0.1) is 0 Å². The van der Waals surface area contributed by atoms with Crippen LogP contribution < -0.4 is 5.73 Å². The topological polar surface area (TPSA) is 107 Å². The lowest BCUT2D eigenvalue weighted by Crippen LogP contribution is -2.37. The minimum Gasteiger partial charge on any atom is -0.399 e. The Morgan fingerprint density at radius 1 is 1.53 bits per heavy atom. The zero-order valence-corrected chi connectivity index (χ0v) is 11.1. The second-order valence-corrected chi connectivity index (χ2v) is 6.32. The van der Waals surface area contributed by atoms with Crippen molar-refractivity contribution in [3.8, 4) is 6.07 Å². The van der Waals surface area contributed by atoms with E-state index >= 15 is 0 Å². The van der Waals surface area contributed by atoms with Gasteiger partial charge in [0.25, 0.3) is 0 Å². The molecule has 1 heterocycles. The quantitative estimate of drug-likeness (QED) is 0.774. The predicted octanol–water partition coefficient (Wildman–Crippen LogP) is 0.286. The molecule has 0 aromatic heterocycles. The van der Waals surface area contributed by atoms with E-state index in [1.165, 1.54) is 22.5 Å². The summed E-state index contributed by atoms with van der Waals surface area (Å²) in [6, 6.07) is 5.59. The van der Waals surface area contributed by atoms with E-state index < -0.39 is 16.1 Å². The van der Waals surface area contributed by atoms with E-state index in [1.54, 1.807) is 0 Å². The maximum atomic E-state index is 12.5. The molecular weight excluding hydrogens is 266 g/mol. The Hall–Kier alpha value is -1.62. The summed E-state index contributed by atoms with van der Waals surface area (Å²) in [4.78, 5) is -0.0513. The molecule has 0 amide bonds. The van der Waals surface area contributed by atoms with Gasteiger partial charge in [0.15, 0.2) is 0 Å². The fourth-order valence-electron chi connectivity index (χ4n) is 2.29. The highest BCUT2D eigenvalue weighted by Gasteiger charge is 2.36. The molecule has 2 rings (SSSR count). The number of hydrogen-bond acceptors (Lipinski definition) is 5. The van der Waals surface area contributed by atoms with Crippen molar-refractivity contribution in [2.45, 2.75) is 23.8 Å². The first-order valence-electron chi connectivity index (χ1n) is 5.93. The number of hydrogen-bond donors (Lipinski definition) is 2. The van der Waals surface area contributed by atoms with E-state index in [0.717, 1.165) is 0 Å². The van der Waals surface area contributed by atoms with Gasteiger partial charge in [0.05, 0.1) is 12.2 Å². The van der Waals surface area contributed by atoms with Gasteiger partial charge in [-0.2, -0.15) is 9.57 Å². The number of nitrogen functional groups attached to an aromatic ring is 1. The van der Waals surface area contributed by atoms with E-state index in [9.17, 15) is 13.5 Å². The number of aliphatic hydroxyl groups is 1. The van der Waals surface area contributed by atoms with E-state index in [1.807, 2.05) is 6.07 Å². The van der Waals surface area contributed by atoms with Crippen LogP contribution in [0.1, 0.15) is 18.4 Å². The smallest absolute Gasteiger partial charge is 0.244 e. The highest BCUT2D eigenvalue weighted by atomic mass is 32.2. The van der Waals surface area contributed by atoms with Crippen LogP contribution >= 0.6 is 0 Å². The molecule has 1 fully saturated rings. The summed E-state index contributed by atoms with van der Waals surface area (Å²) in [5.41, 5.74) is 5.93. The number of nitrogens with zero attached hydrogens (tertiary/aromatic N) is 2. The second kappa shape index (κ2) is 5.17. The largest absolute Gasteiger partial charge is 0.399 e. The molecule has 0 unspecified atom stereocenters. The minimum atomic E-state index is -3.76. The zero-order valence-electron chi connectivity index (χ0n) is 10.3. The lowest BCUT2D eigenvalue weighted by atomic mass is 10.2. The standard InChI is InChI=1S/C12H15N3O3S/c13-7-9-6-10(14)3-4-12(9)19(17,18)15-5-1-2-11(15)8-16/h3-4,6,11,16H,1-2,5,8,14H2/t11-/m1/s1. The summed E-state index contributed by atoms with van der Waals surface area (Å²) in [5.74, 6) is 0. The number of nitrogens with two attached hydrogens (primary N) is 1. The highest BCUT2D eigenvalue weighted by molar-refractivity contribution is 7.89. The van der Waals surface area contributed by atoms with Crippen molar-refractivity contribution >= 4 is 15.7 Å². The molecule has 0 radical (unpaired) electrons. The molecule has 3 N–H and O–H groups in total. The van der Waals surface area contributed by atoms with Gasteiger partial charge in [-0.1, -0.05) is 0 Å². The third-order valence-corrected chi connectivity index (χ3v) is 5.25. The lowest BCUT2D eigenvalue weighted by Gasteiger charge is -2.22. The van der Waals surface area contributed by atoms with Crippen molar-refractivity contribution < 1.29 is 13.5 Å². The van der Waals surface area contributed by atoms with Gasteiger partial charge >= 0.3 is 0 Å². The molecule has 1 aromatic rings. The third kappa shape index (κ3) is 2.42. The lowest BCUT2D eigenvalue weighted by molar-refractivity contribution is 0.213. The Bertz CT molecular complexity index is 622. The summed E-state index contributed by atoms with van der Waals surface area (Å²) >= 11 is 0. The van der Waals surface area contributed by atoms with E-state index in [-0.39, 0.29) is 17.1 Å². The highest BCUT2D eigenvalue weighted by Crippen LogP contribution is 2.28. The molecule has 102 valence electrons. The van der Waals surface area contributed by atoms with E-state index in [0.29, 0.717) is 25.1 Å². The molecule has 7 heteroatoms. The van der Waals surface area contributed by atoms with E-state index in [4.69, 9.17) is 11.0 Å². The monoisotopic (exact) mass is 281 g/mol. The van der Waals surface area contributed by atoms with Crippen LogP contribution in [0, 0.1) is 11.3 Å². The van der Waals surface area contributed by atoms with Crippen LogP contribution in [0.4, 0.5) is 5.69 Å².